The summed E-state index contributed by atoms with van der Waals surface area (Å²) < 4.78 is 2.14. The van der Waals surface area contributed by atoms with E-state index < -0.39 is 0 Å². The number of nitrogens with zero attached hydrogens (tertiary/aromatic N) is 5. The van der Waals surface area contributed by atoms with Crippen molar-refractivity contribution < 1.29 is 0 Å². The molecule has 1 atom stereocenters. The first-order valence-corrected chi connectivity index (χ1v) is 13.1. The Morgan fingerprint density at radius 1 is 0.865 bits per heavy atom. The Hall–Kier alpha value is -3.83. The molecule has 0 amide bonds. The molecule has 0 saturated carbocycles. The molecule has 6 rings (SSSR count). The fourth-order valence-corrected chi connectivity index (χ4v) is 5.57. The van der Waals surface area contributed by atoms with Gasteiger partial charge in [-0.25, -0.2) is 9.97 Å². The summed E-state index contributed by atoms with van der Waals surface area (Å²) in [6.45, 7) is 9.18. The summed E-state index contributed by atoms with van der Waals surface area (Å²) in [5, 5.41) is 1.82. The molecule has 186 valence electrons. The van der Waals surface area contributed by atoms with Crippen LogP contribution in [0.3, 0.4) is 0 Å². The smallest absolute Gasteiger partial charge is 0.150 e. The fraction of sp³-hybridized carbons (Fsp3) is 0.226. The van der Waals surface area contributed by atoms with E-state index in [0.29, 0.717) is 6.04 Å². The Kier molecular flexibility index (Phi) is 6.09. The van der Waals surface area contributed by atoms with Crippen LogP contribution in [0.1, 0.15) is 18.1 Å². The van der Waals surface area contributed by atoms with Gasteiger partial charge in [-0.05, 0) is 61.7 Å². The third kappa shape index (κ3) is 4.34. The lowest BCUT2D eigenvalue weighted by molar-refractivity contribution is 0.548. The van der Waals surface area contributed by atoms with Gasteiger partial charge in [-0.1, -0.05) is 60.1 Å². The molecule has 0 bridgehead atoms. The Balaban J connectivity index is 1.45. The van der Waals surface area contributed by atoms with Crippen LogP contribution < -0.4 is 9.80 Å². The molecule has 3 heterocycles. The SMILES string of the molecule is Cc1cccc(N2CCN(c3ncnc4c3c(-c3ccccc3)cn4-c3ccc(C)c(Cl)c3)C[C@H]2C)c1. The van der Waals surface area contributed by atoms with Crippen molar-refractivity contribution in [3.63, 3.8) is 0 Å². The second-order valence-corrected chi connectivity index (χ2v) is 10.3. The van der Waals surface area contributed by atoms with Gasteiger partial charge in [-0.15, -0.1) is 0 Å². The fourth-order valence-electron chi connectivity index (χ4n) is 5.39. The molecule has 2 aromatic heterocycles. The van der Waals surface area contributed by atoms with E-state index in [1.165, 1.54) is 11.3 Å². The first-order chi connectivity index (χ1) is 18.0. The van der Waals surface area contributed by atoms with Crippen LogP contribution in [0.5, 0.6) is 0 Å². The molecule has 1 aliphatic rings. The quantitative estimate of drug-likeness (QED) is 0.260. The molecule has 37 heavy (non-hydrogen) atoms. The number of aromatic nitrogens is 3. The standard InChI is InChI=1S/C31H30ClN5/c1-21-8-7-11-25(16-21)36-15-14-35(18-23(36)3)30-29-27(24-9-5-4-6-10-24)19-37(31(29)34-20-33-30)26-13-12-22(2)28(32)17-26/h4-13,16-17,19-20,23H,14-15,18H2,1-3H3/t23-/m1/s1. The molecule has 0 aliphatic carbocycles. The number of rotatable bonds is 4. The molecule has 1 aliphatic heterocycles. The van der Waals surface area contributed by atoms with Crippen molar-refractivity contribution in [2.24, 2.45) is 0 Å². The monoisotopic (exact) mass is 507 g/mol. The van der Waals surface area contributed by atoms with Crippen molar-refractivity contribution in [2.75, 3.05) is 29.4 Å². The summed E-state index contributed by atoms with van der Waals surface area (Å²) in [6.07, 6.45) is 3.86. The summed E-state index contributed by atoms with van der Waals surface area (Å²) in [5.41, 5.74) is 7.77. The van der Waals surface area contributed by atoms with Crippen molar-refractivity contribution in [3.8, 4) is 16.8 Å². The first kappa shape index (κ1) is 23.6. The van der Waals surface area contributed by atoms with E-state index in [4.69, 9.17) is 21.6 Å². The van der Waals surface area contributed by atoms with Gasteiger partial charge >= 0.3 is 0 Å². The average molecular weight is 508 g/mol. The van der Waals surface area contributed by atoms with Crippen molar-refractivity contribution in [3.05, 3.63) is 101 Å². The van der Waals surface area contributed by atoms with Crippen LogP contribution in [-0.2, 0) is 0 Å². The van der Waals surface area contributed by atoms with E-state index in [2.05, 4.69) is 95.1 Å². The van der Waals surface area contributed by atoms with Crippen molar-refractivity contribution in [1.29, 1.82) is 0 Å². The van der Waals surface area contributed by atoms with Gasteiger partial charge in [0.2, 0.25) is 0 Å². The summed E-state index contributed by atoms with van der Waals surface area (Å²) >= 11 is 6.52. The highest BCUT2D eigenvalue weighted by molar-refractivity contribution is 6.31. The number of aryl methyl sites for hydroxylation is 2. The Labute approximate surface area is 223 Å². The lowest BCUT2D eigenvalue weighted by atomic mass is 10.1. The zero-order chi connectivity index (χ0) is 25.5. The van der Waals surface area contributed by atoms with Crippen LogP contribution in [0.25, 0.3) is 27.8 Å². The Morgan fingerprint density at radius 2 is 1.70 bits per heavy atom. The molecular formula is C31H30ClN5. The largest absolute Gasteiger partial charge is 0.365 e. The van der Waals surface area contributed by atoms with Crippen molar-refractivity contribution >= 4 is 34.1 Å². The normalized spacial score (nSPS) is 15.9. The minimum atomic E-state index is 0.346. The molecule has 5 aromatic rings. The molecule has 0 spiro atoms. The molecule has 0 radical (unpaired) electrons. The van der Waals surface area contributed by atoms with Crippen LogP contribution in [0.4, 0.5) is 11.5 Å². The van der Waals surface area contributed by atoms with Gasteiger partial charge in [-0.3, -0.25) is 0 Å². The van der Waals surface area contributed by atoms with Crippen LogP contribution in [0.15, 0.2) is 85.3 Å². The Bertz CT molecular complexity index is 1580. The lowest BCUT2D eigenvalue weighted by Gasteiger charge is -2.42. The second-order valence-electron chi connectivity index (χ2n) is 9.94. The molecule has 1 saturated heterocycles. The number of benzene rings is 3. The highest BCUT2D eigenvalue weighted by Crippen LogP contribution is 2.38. The zero-order valence-electron chi connectivity index (χ0n) is 21.4. The van der Waals surface area contributed by atoms with E-state index in [1.54, 1.807) is 6.33 Å². The minimum absolute atomic E-state index is 0.346. The van der Waals surface area contributed by atoms with Crippen LogP contribution >= 0.6 is 11.6 Å². The lowest BCUT2D eigenvalue weighted by Crippen LogP contribution is -2.52. The third-order valence-corrected chi connectivity index (χ3v) is 7.75. The molecule has 3 aromatic carbocycles. The number of anilines is 2. The molecule has 0 N–H and O–H groups in total. The van der Waals surface area contributed by atoms with Gasteiger partial charge in [0.1, 0.15) is 12.1 Å². The second kappa shape index (κ2) is 9.56. The van der Waals surface area contributed by atoms with Gasteiger partial charge in [0.15, 0.2) is 5.65 Å². The number of hydrogen-bond donors (Lipinski definition) is 0. The topological polar surface area (TPSA) is 37.2 Å². The van der Waals surface area contributed by atoms with Gasteiger partial charge in [0.25, 0.3) is 0 Å². The predicted molar refractivity (Wildman–Crippen MR) is 154 cm³/mol. The highest BCUT2D eigenvalue weighted by atomic mass is 35.5. The van der Waals surface area contributed by atoms with Gasteiger partial charge in [-0.2, -0.15) is 0 Å². The Morgan fingerprint density at radius 3 is 2.46 bits per heavy atom. The highest BCUT2D eigenvalue weighted by Gasteiger charge is 2.28. The number of fused-ring (bicyclic) bond motifs is 1. The van der Waals surface area contributed by atoms with Crippen molar-refractivity contribution in [1.82, 2.24) is 14.5 Å². The average Bonchev–Trinajstić information content (AvgIpc) is 3.31. The van der Waals surface area contributed by atoms with Crippen molar-refractivity contribution in [2.45, 2.75) is 26.8 Å². The third-order valence-electron chi connectivity index (χ3n) is 7.34. The number of halogens is 1. The first-order valence-electron chi connectivity index (χ1n) is 12.8. The van der Waals surface area contributed by atoms with E-state index >= 15 is 0 Å². The molecule has 6 heteroatoms. The molecule has 5 nitrogen and oxygen atoms in total. The predicted octanol–water partition coefficient (Wildman–Crippen LogP) is 7.07. The summed E-state index contributed by atoms with van der Waals surface area (Å²) in [7, 11) is 0. The number of hydrogen-bond acceptors (Lipinski definition) is 4. The maximum Gasteiger partial charge on any atom is 0.150 e. The summed E-state index contributed by atoms with van der Waals surface area (Å²) in [6, 6.07) is 25.8. The zero-order valence-corrected chi connectivity index (χ0v) is 22.2. The van der Waals surface area contributed by atoms with Crippen LogP contribution in [0.2, 0.25) is 5.02 Å². The van der Waals surface area contributed by atoms with E-state index in [1.807, 2.05) is 19.1 Å². The maximum absolute atomic E-state index is 6.52. The maximum atomic E-state index is 6.52. The van der Waals surface area contributed by atoms with Gasteiger partial charge in [0.05, 0.1) is 5.39 Å². The van der Waals surface area contributed by atoms with E-state index in [9.17, 15) is 0 Å². The number of piperazine rings is 1. The minimum Gasteiger partial charge on any atom is -0.365 e. The van der Waals surface area contributed by atoms with E-state index in [-0.39, 0.29) is 0 Å². The van der Waals surface area contributed by atoms with E-state index in [0.717, 1.165) is 63.9 Å². The summed E-state index contributed by atoms with van der Waals surface area (Å²) in [4.78, 5) is 14.5. The van der Waals surface area contributed by atoms with Gasteiger partial charge in [0, 0.05) is 53.8 Å². The molecule has 1 fully saturated rings. The van der Waals surface area contributed by atoms with Crippen LogP contribution in [0, 0.1) is 13.8 Å². The van der Waals surface area contributed by atoms with Crippen LogP contribution in [-0.4, -0.2) is 40.2 Å². The van der Waals surface area contributed by atoms with Gasteiger partial charge < -0.3 is 14.4 Å². The molecule has 0 unspecified atom stereocenters. The molecular weight excluding hydrogens is 478 g/mol. The summed E-state index contributed by atoms with van der Waals surface area (Å²) in [5.74, 6) is 0.983.